The molecule has 1 heterocycles. The minimum absolute atomic E-state index is 0.115. The molecule has 76 valence electrons. The molecule has 1 amide bonds. The van der Waals surface area contributed by atoms with E-state index >= 15 is 0 Å². The van der Waals surface area contributed by atoms with Crippen molar-refractivity contribution in [3.8, 4) is 0 Å². The van der Waals surface area contributed by atoms with E-state index in [0.29, 0.717) is 6.04 Å². The molecule has 4 heteroatoms. The van der Waals surface area contributed by atoms with Gasteiger partial charge in [0.1, 0.15) is 6.04 Å². The molecule has 1 aliphatic rings. The summed E-state index contributed by atoms with van der Waals surface area (Å²) in [7, 11) is 1.95. The first-order chi connectivity index (χ1) is 6.02. The summed E-state index contributed by atoms with van der Waals surface area (Å²) in [5.41, 5.74) is 5.31. The van der Waals surface area contributed by atoms with E-state index in [0.717, 1.165) is 19.6 Å². The molecule has 1 fully saturated rings. The van der Waals surface area contributed by atoms with Crippen LogP contribution in [-0.2, 0) is 4.79 Å². The number of rotatable bonds is 2. The van der Waals surface area contributed by atoms with E-state index in [1.54, 1.807) is 0 Å². The highest BCUT2D eigenvalue weighted by Gasteiger charge is 2.29. The maximum absolute atomic E-state index is 11.1. The van der Waals surface area contributed by atoms with Gasteiger partial charge in [0.2, 0.25) is 5.91 Å². The Bertz CT molecular complexity index is 193. The number of hydrogen-bond acceptors (Lipinski definition) is 3. The van der Waals surface area contributed by atoms with Crippen LogP contribution in [0.2, 0.25) is 0 Å². The molecule has 1 rings (SSSR count). The summed E-state index contributed by atoms with van der Waals surface area (Å²) < 4.78 is 0. The van der Waals surface area contributed by atoms with Crippen molar-refractivity contribution < 1.29 is 4.79 Å². The molecule has 4 nitrogen and oxygen atoms in total. The summed E-state index contributed by atoms with van der Waals surface area (Å²) in [6, 6.07) is 0.381. The molecule has 1 saturated heterocycles. The van der Waals surface area contributed by atoms with E-state index in [-0.39, 0.29) is 11.9 Å². The van der Waals surface area contributed by atoms with Gasteiger partial charge in [0.25, 0.3) is 0 Å². The zero-order valence-electron chi connectivity index (χ0n) is 8.66. The van der Waals surface area contributed by atoms with Gasteiger partial charge in [-0.1, -0.05) is 0 Å². The van der Waals surface area contributed by atoms with Crippen LogP contribution in [-0.4, -0.2) is 54.5 Å². The van der Waals surface area contributed by atoms with Crippen LogP contribution in [0.15, 0.2) is 0 Å². The second-order valence-corrected chi connectivity index (χ2v) is 3.99. The molecule has 0 bridgehead atoms. The van der Waals surface area contributed by atoms with Gasteiger partial charge in [0.15, 0.2) is 0 Å². The van der Waals surface area contributed by atoms with Crippen molar-refractivity contribution >= 4 is 5.91 Å². The lowest BCUT2D eigenvalue weighted by molar-refractivity contribution is -0.125. The van der Waals surface area contributed by atoms with E-state index in [2.05, 4.69) is 18.7 Å². The monoisotopic (exact) mass is 185 g/mol. The number of amides is 1. The zero-order valence-corrected chi connectivity index (χ0v) is 8.66. The Morgan fingerprint density at radius 3 is 2.54 bits per heavy atom. The van der Waals surface area contributed by atoms with Gasteiger partial charge >= 0.3 is 0 Å². The second-order valence-electron chi connectivity index (χ2n) is 3.99. The van der Waals surface area contributed by atoms with E-state index < -0.39 is 0 Å². The molecule has 0 spiro atoms. The highest BCUT2D eigenvalue weighted by Crippen LogP contribution is 2.09. The van der Waals surface area contributed by atoms with Crippen LogP contribution in [0.1, 0.15) is 13.8 Å². The number of nitrogens with two attached hydrogens (primary N) is 1. The van der Waals surface area contributed by atoms with Crippen LogP contribution in [0, 0.1) is 0 Å². The van der Waals surface area contributed by atoms with E-state index in [9.17, 15) is 4.79 Å². The maximum Gasteiger partial charge on any atom is 0.236 e. The number of carbonyl (C=O) groups is 1. The number of piperazine rings is 1. The van der Waals surface area contributed by atoms with E-state index in [1.165, 1.54) is 0 Å². The largest absolute Gasteiger partial charge is 0.368 e. The molecule has 0 aromatic carbocycles. The van der Waals surface area contributed by atoms with Gasteiger partial charge in [-0.3, -0.25) is 14.6 Å². The predicted molar refractivity (Wildman–Crippen MR) is 52.3 cm³/mol. The molecule has 0 unspecified atom stereocenters. The molecule has 2 N–H and O–H groups in total. The molecule has 1 aliphatic heterocycles. The lowest BCUT2D eigenvalue weighted by Gasteiger charge is -2.39. The fourth-order valence-corrected chi connectivity index (χ4v) is 1.67. The standard InChI is InChI=1S/C9H19N3O/c1-7(2)12-5-4-11(3)8(6-12)9(10)13/h7-8H,4-6H2,1-3H3,(H2,10,13)/t8-/m1/s1. The van der Waals surface area contributed by atoms with Gasteiger partial charge in [-0.15, -0.1) is 0 Å². The highest BCUT2D eigenvalue weighted by molar-refractivity contribution is 5.80. The maximum atomic E-state index is 11.1. The Hall–Kier alpha value is -0.610. The summed E-state index contributed by atoms with van der Waals surface area (Å²) in [6.45, 7) is 7.00. The SMILES string of the molecule is CC(C)N1CCN(C)[C@@H](C(N)=O)C1. The molecule has 13 heavy (non-hydrogen) atoms. The quantitative estimate of drug-likeness (QED) is 0.631. The Morgan fingerprint density at radius 2 is 2.08 bits per heavy atom. The van der Waals surface area contributed by atoms with E-state index in [4.69, 9.17) is 5.73 Å². The molecule has 0 aromatic heterocycles. The number of hydrogen-bond donors (Lipinski definition) is 1. The van der Waals surface area contributed by atoms with Crippen molar-refractivity contribution in [1.82, 2.24) is 9.80 Å². The fraction of sp³-hybridized carbons (Fsp3) is 0.889. The molecule has 1 atom stereocenters. The molecule has 0 saturated carbocycles. The van der Waals surface area contributed by atoms with Crippen LogP contribution < -0.4 is 5.73 Å². The first-order valence-electron chi connectivity index (χ1n) is 4.76. The predicted octanol–water partition coefficient (Wildman–Crippen LogP) is -0.504. The van der Waals surface area contributed by atoms with Gasteiger partial charge in [-0.05, 0) is 20.9 Å². The Morgan fingerprint density at radius 1 is 1.46 bits per heavy atom. The minimum atomic E-state index is -0.215. The third kappa shape index (κ3) is 2.42. The third-order valence-electron chi connectivity index (χ3n) is 2.74. The summed E-state index contributed by atoms with van der Waals surface area (Å²) in [5, 5.41) is 0. The van der Waals surface area contributed by atoms with Gasteiger partial charge < -0.3 is 5.73 Å². The Balaban J connectivity index is 2.58. The van der Waals surface area contributed by atoms with Crippen LogP contribution in [0.3, 0.4) is 0 Å². The molecular weight excluding hydrogens is 166 g/mol. The lowest BCUT2D eigenvalue weighted by Crippen LogP contribution is -2.57. The first kappa shape index (κ1) is 10.5. The molecular formula is C9H19N3O. The van der Waals surface area contributed by atoms with Crippen molar-refractivity contribution in [2.24, 2.45) is 5.73 Å². The summed E-state index contributed by atoms with van der Waals surface area (Å²) in [5.74, 6) is -0.215. The number of primary amides is 1. The molecule has 0 radical (unpaired) electrons. The van der Waals surface area contributed by atoms with Gasteiger partial charge in [0, 0.05) is 25.7 Å². The van der Waals surface area contributed by atoms with Crippen molar-refractivity contribution in [3.63, 3.8) is 0 Å². The van der Waals surface area contributed by atoms with Gasteiger partial charge in [0.05, 0.1) is 0 Å². The van der Waals surface area contributed by atoms with Crippen LogP contribution >= 0.6 is 0 Å². The third-order valence-corrected chi connectivity index (χ3v) is 2.74. The summed E-state index contributed by atoms with van der Waals surface area (Å²) >= 11 is 0. The normalized spacial score (nSPS) is 26.6. The number of nitrogens with zero attached hydrogens (tertiary/aromatic N) is 2. The highest BCUT2D eigenvalue weighted by atomic mass is 16.1. The number of carbonyl (C=O) groups excluding carboxylic acids is 1. The van der Waals surface area contributed by atoms with Gasteiger partial charge in [-0.2, -0.15) is 0 Å². The zero-order chi connectivity index (χ0) is 10.0. The average Bonchev–Trinajstić information content (AvgIpc) is 2.04. The Labute approximate surface area is 79.7 Å². The molecule has 0 aliphatic carbocycles. The summed E-state index contributed by atoms with van der Waals surface area (Å²) in [4.78, 5) is 15.4. The summed E-state index contributed by atoms with van der Waals surface area (Å²) in [6.07, 6.45) is 0. The van der Waals surface area contributed by atoms with Crippen molar-refractivity contribution in [3.05, 3.63) is 0 Å². The van der Waals surface area contributed by atoms with Crippen LogP contribution in [0.4, 0.5) is 0 Å². The van der Waals surface area contributed by atoms with E-state index in [1.807, 2.05) is 11.9 Å². The minimum Gasteiger partial charge on any atom is -0.368 e. The van der Waals surface area contributed by atoms with Crippen LogP contribution in [0.5, 0.6) is 0 Å². The van der Waals surface area contributed by atoms with Crippen molar-refractivity contribution in [1.29, 1.82) is 0 Å². The lowest BCUT2D eigenvalue weighted by atomic mass is 10.1. The number of likely N-dealkylation sites (N-methyl/N-ethyl adjacent to an activating group) is 1. The van der Waals surface area contributed by atoms with Crippen molar-refractivity contribution in [2.45, 2.75) is 25.9 Å². The average molecular weight is 185 g/mol. The second kappa shape index (κ2) is 4.07. The first-order valence-corrected chi connectivity index (χ1v) is 4.76. The Kier molecular flexibility index (Phi) is 3.27. The molecule has 0 aromatic rings. The fourth-order valence-electron chi connectivity index (χ4n) is 1.67. The van der Waals surface area contributed by atoms with Crippen LogP contribution in [0.25, 0.3) is 0 Å². The smallest absolute Gasteiger partial charge is 0.236 e. The van der Waals surface area contributed by atoms with Crippen molar-refractivity contribution in [2.75, 3.05) is 26.7 Å². The van der Waals surface area contributed by atoms with Gasteiger partial charge in [-0.25, -0.2) is 0 Å². The topological polar surface area (TPSA) is 49.6 Å².